The molecular weight excluding hydrogens is 262 g/mol. The van der Waals surface area contributed by atoms with Gasteiger partial charge in [-0.05, 0) is 19.4 Å². The van der Waals surface area contributed by atoms with E-state index in [9.17, 15) is 8.78 Å². The highest BCUT2D eigenvalue weighted by Crippen LogP contribution is 2.26. The zero-order chi connectivity index (χ0) is 14.5. The van der Waals surface area contributed by atoms with Crippen LogP contribution in [0.2, 0.25) is 0 Å². The van der Waals surface area contributed by atoms with E-state index in [0.29, 0.717) is 11.5 Å². The summed E-state index contributed by atoms with van der Waals surface area (Å²) in [5, 5.41) is 3.30. The molecule has 20 heavy (non-hydrogen) atoms. The third-order valence-corrected chi connectivity index (χ3v) is 3.57. The molecule has 1 aliphatic rings. The van der Waals surface area contributed by atoms with Gasteiger partial charge in [-0.1, -0.05) is 13.3 Å². The molecule has 0 aliphatic carbocycles. The van der Waals surface area contributed by atoms with Crippen LogP contribution in [0.15, 0.2) is 6.07 Å². The highest BCUT2D eigenvalue weighted by atomic mass is 19.3. The Hall–Kier alpha value is -1.14. The normalized spacial score (nSPS) is 18.4. The van der Waals surface area contributed by atoms with Gasteiger partial charge in [-0.2, -0.15) is 0 Å². The fourth-order valence-corrected chi connectivity index (χ4v) is 2.62. The molecular formula is C14H22F2N4. The van der Waals surface area contributed by atoms with E-state index >= 15 is 0 Å². The number of aromatic nitrogens is 2. The minimum atomic E-state index is -2.54. The molecule has 1 fully saturated rings. The summed E-state index contributed by atoms with van der Waals surface area (Å²) in [7, 11) is 0. The van der Waals surface area contributed by atoms with E-state index < -0.39 is 6.43 Å². The quantitative estimate of drug-likeness (QED) is 0.902. The van der Waals surface area contributed by atoms with Gasteiger partial charge >= 0.3 is 0 Å². The lowest BCUT2D eigenvalue weighted by Crippen LogP contribution is -2.45. The fourth-order valence-electron chi connectivity index (χ4n) is 2.62. The van der Waals surface area contributed by atoms with E-state index in [1.807, 2.05) is 0 Å². The summed E-state index contributed by atoms with van der Waals surface area (Å²) in [6.45, 7) is 7.51. The van der Waals surface area contributed by atoms with E-state index in [0.717, 1.165) is 39.0 Å². The maximum Gasteiger partial charge on any atom is 0.280 e. The first-order chi connectivity index (χ1) is 9.61. The number of rotatable bonds is 5. The zero-order valence-electron chi connectivity index (χ0n) is 12.1. The topological polar surface area (TPSA) is 41.1 Å². The molecule has 6 heteroatoms. The van der Waals surface area contributed by atoms with Gasteiger partial charge in [-0.25, -0.2) is 18.7 Å². The summed E-state index contributed by atoms with van der Waals surface area (Å²) in [5.74, 6) is 0.545. The lowest BCUT2D eigenvalue weighted by atomic mass is 10.1. The van der Waals surface area contributed by atoms with Gasteiger partial charge in [0.15, 0.2) is 0 Å². The van der Waals surface area contributed by atoms with Gasteiger partial charge in [0.05, 0.1) is 6.04 Å². The molecule has 0 radical (unpaired) electrons. The monoisotopic (exact) mass is 284 g/mol. The Morgan fingerprint density at radius 2 is 2.00 bits per heavy atom. The molecule has 0 bridgehead atoms. The molecule has 0 amide bonds. The van der Waals surface area contributed by atoms with Crippen LogP contribution < -0.4 is 5.32 Å². The number of alkyl halides is 2. The van der Waals surface area contributed by atoms with Gasteiger partial charge in [0.25, 0.3) is 6.43 Å². The van der Waals surface area contributed by atoms with Crippen molar-refractivity contribution in [3.05, 3.63) is 23.3 Å². The van der Waals surface area contributed by atoms with Crippen LogP contribution in [0.4, 0.5) is 8.78 Å². The van der Waals surface area contributed by atoms with E-state index in [1.54, 1.807) is 6.92 Å². The standard InChI is InChI=1S/C14H22F2N4/c1-3-4-12(20-7-5-17-6-8-20)14-18-10(2)9-11(19-14)13(15)16/h9,12-13,17H,3-8H2,1-2H3. The number of halogens is 2. The van der Waals surface area contributed by atoms with Gasteiger partial charge in [0.2, 0.25) is 0 Å². The van der Waals surface area contributed by atoms with Crippen LogP contribution in [0.5, 0.6) is 0 Å². The SMILES string of the molecule is CCCC(c1nc(C)cc(C(F)F)n1)N1CCNCC1. The Morgan fingerprint density at radius 1 is 1.30 bits per heavy atom. The molecule has 112 valence electrons. The van der Waals surface area contributed by atoms with Crippen molar-refractivity contribution in [2.45, 2.75) is 39.2 Å². The molecule has 2 rings (SSSR count). The summed E-state index contributed by atoms with van der Waals surface area (Å²) >= 11 is 0. The number of nitrogens with zero attached hydrogens (tertiary/aromatic N) is 3. The second-order valence-electron chi connectivity index (χ2n) is 5.18. The van der Waals surface area contributed by atoms with E-state index in [-0.39, 0.29) is 11.7 Å². The van der Waals surface area contributed by atoms with Crippen LogP contribution in [0.1, 0.15) is 49.4 Å². The van der Waals surface area contributed by atoms with Crippen molar-refractivity contribution < 1.29 is 8.78 Å². The highest BCUT2D eigenvalue weighted by Gasteiger charge is 2.25. The molecule has 0 spiro atoms. The molecule has 1 saturated heterocycles. The van der Waals surface area contributed by atoms with Crippen LogP contribution >= 0.6 is 0 Å². The van der Waals surface area contributed by atoms with E-state index in [1.165, 1.54) is 6.07 Å². The first-order valence-corrected chi connectivity index (χ1v) is 7.20. The number of aryl methyl sites for hydroxylation is 1. The Kier molecular flexibility index (Phi) is 5.37. The van der Waals surface area contributed by atoms with Crippen molar-refractivity contribution in [1.82, 2.24) is 20.2 Å². The van der Waals surface area contributed by atoms with Crippen molar-refractivity contribution in [2.24, 2.45) is 0 Å². The first kappa shape index (κ1) is 15.3. The smallest absolute Gasteiger partial charge is 0.280 e. The molecule has 1 aliphatic heterocycles. The summed E-state index contributed by atoms with van der Waals surface area (Å²) in [4.78, 5) is 10.8. The predicted octanol–water partition coefficient (Wildman–Crippen LogP) is 2.47. The molecule has 2 heterocycles. The molecule has 1 aromatic heterocycles. The summed E-state index contributed by atoms with van der Waals surface area (Å²) in [6, 6.07) is 1.41. The van der Waals surface area contributed by atoms with Crippen molar-refractivity contribution in [3.63, 3.8) is 0 Å². The maximum atomic E-state index is 12.9. The third kappa shape index (κ3) is 3.70. The minimum absolute atomic E-state index is 0.0412. The van der Waals surface area contributed by atoms with Crippen LogP contribution in [-0.4, -0.2) is 41.0 Å². The van der Waals surface area contributed by atoms with Crippen molar-refractivity contribution in [2.75, 3.05) is 26.2 Å². The number of hydrogen-bond donors (Lipinski definition) is 1. The Morgan fingerprint density at radius 3 is 2.60 bits per heavy atom. The number of piperazine rings is 1. The average Bonchev–Trinajstić information content (AvgIpc) is 2.45. The summed E-state index contributed by atoms with van der Waals surface area (Å²) in [5.41, 5.74) is 0.449. The second kappa shape index (κ2) is 7.04. The Balaban J connectivity index is 2.27. The lowest BCUT2D eigenvalue weighted by Gasteiger charge is -2.34. The number of nitrogens with one attached hydrogen (secondary N) is 1. The highest BCUT2D eigenvalue weighted by molar-refractivity contribution is 5.13. The van der Waals surface area contributed by atoms with Gasteiger partial charge in [0, 0.05) is 31.9 Å². The number of hydrogen-bond acceptors (Lipinski definition) is 4. The van der Waals surface area contributed by atoms with Crippen molar-refractivity contribution in [3.8, 4) is 0 Å². The molecule has 0 saturated carbocycles. The Labute approximate surface area is 118 Å². The zero-order valence-corrected chi connectivity index (χ0v) is 12.1. The van der Waals surface area contributed by atoms with Crippen LogP contribution in [0.3, 0.4) is 0 Å². The van der Waals surface area contributed by atoms with Crippen molar-refractivity contribution >= 4 is 0 Å². The Bertz CT molecular complexity index is 433. The van der Waals surface area contributed by atoms with Crippen molar-refractivity contribution in [1.29, 1.82) is 0 Å². The molecule has 1 aromatic rings. The second-order valence-corrected chi connectivity index (χ2v) is 5.18. The molecule has 0 aromatic carbocycles. The lowest BCUT2D eigenvalue weighted by molar-refractivity contribution is 0.139. The first-order valence-electron chi connectivity index (χ1n) is 7.20. The van der Waals surface area contributed by atoms with Gasteiger partial charge in [-0.15, -0.1) is 0 Å². The summed E-state index contributed by atoms with van der Waals surface area (Å²) in [6.07, 6.45) is -0.664. The van der Waals surface area contributed by atoms with Crippen LogP contribution in [0.25, 0.3) is 0 Å². The summed E-state index contributed by atoms with van der Waals surface area (Å²) < 4.78 is 25.8. The van der Waals surface area contributed by atoms with Gasteiger partial charge in [-0.3, -0.25) is 4.90 Å². The molecule has 1 atom stereocenters. The molecule has 4 nitrogen and oxygen atoms in total. The van der Waals surface area contributed by atoms with Crippen LogP contribution in [-0.2, 0) is 0 Å². The largest absolute Gasteiger partial charge is 0.314 e. The maximum absolute atomic E-state index is 12.9. The molecule has 1 unspecified atom stereocenters. The van der Waals surface area contributed by atoms with Gasteiger partial charge in [0.1, 0.15) is 11.5 Å². The van der Waals surface area contributed by atoms with E-state index in [4.69, 9.17) is 0 Å². The average molecular weight is 284 g/mol. The predicted molar refractivity (Wildman–Crippen MR) is 73.8 cm³/mol. The molecule has 1 N–H and O–H groups in total. The van der Waals surface area contributed by atoms with Crippen LogP contribution in [0, 0.1) is 6.92 Å². The minimum Gasteiger partial charge on any atom is -0.314 e. The van der Waals surface area contributed by atoms with Gasteiger partial charge < -0.3 is 5.32 Å². The fraction of sp³-hybridized carbons (Fsp3) is 0.714. The third-order valence-electron chi connectivity index (χ3n) is 3.57. The van der Waals surface area contributed by atoms with E-state index in [2.05, 4.69) is 27.1 Å².